The van der Waals surface area contributed by atoms with Crippen LogP contribution in [0, 0.1) is 11.8 Å². The Bertz CT molecular complexity index is 1430. The van der Waals surface area contributed by atoms with E-state index in [1.165, 1.54) is 11.1 Å². The van der Waals surface area contributed by atoms with Gasteiger partial charge in [-0.1, -0.05) is 44.2 Å². The molecular weight excluding hydrogens is 512 g/mol. The molecule has 1 amide bonds. The second-order valence-corrected chi connectivity index (χ2v) is 12.8. The number of nitrogens with zero attached hydrogens (tertiary/aromatic N) is 2. The van der Waals surface area contributed by atoms with E-state index in [1.807, 2.05) is 24.3 Å². The van der Waals surface area contributed by atoms with Crippen LogP contribution in [0.1, 0.15) is 55.4 Å². The topological polar surface area (TPSA) is 66.2 Å². The molecule has 0 radical (unpaired) electrons. The Labute approximate surface area is 242 Å². The number of rotatable bonds is 8. The van der Waals surface area contributed by atoms with Gasteiger partial charge in [0.25, 0.3) is 0 Å². The van der Waals surface area contributed by atoms with E-state index in [2.05, 4.69) is 54.0 Å². The van der Waals surface area contributed by atoms with Gasteiger partial charge in [-0.15, -0.1) is 0 Å². The van der Waals surface area contributed by atoms with E-state index in [-0.39, 0.29) is 23.5 Å². The van der Waals surface area contributed by atoms with Crippen LogP contribution in [-0.2, 0) is 23.1 Å². The van der Waals surface area contributed by atoms with Crippen molar-refractivity contribution in [2.75, 3.05) is 19.6 Å². The lowest BCUT2D eigenvalue weighted by atomic mass is 9.50. The summed E-state index contributed by atoms with van der Waals surface area (Å²) in [5.74, 6) is 2.11. The molecule has 2 bridgehead atoms. The highest BCUT2D eigenvalue weighted by molar-refractivity contribution is 5.92. The van der Waals surface area contributed by atoms with Gasteiger partial charge in [-0.25, -0.2) is 0 Å². The number of carbonyl (C=O) groups excluding carboxylic acids is 1. The van der Waals surface area contributed by atoms with Crippen LogP contribution in [0.4, 0.5) is 0 Å². The molecule has 1 N–H and O–H groups in total. The third kappa shape index (κ3) is 4.39. The van der Waals surface area contributed by atoms with Gasteiger partial charge in [0.2, 0.25) is 5.91 Å². The van der Waals surface area contributed by atoms with E-state index in [4.69, 9.17) is 9.15 Å². The first-order valence-electron chi connectivity index (χ1n) is 15.3. The van der Waals surface area contributed by atoms with Gasteiger partial charge in [0.1, 0.15) is 17.6 Å². The van der Waals surface area contributed by atoms with Crippen LogP contribution in [0.2, 0.25) is 0 Å². The second-order valence-electron chi connectivity index (χ2n) is 12.8. The van der Waals surface area contributed by atoms with Gasteiger partial charge < -0.3 is 19.2 Å². The highest BCUT2D eigenvalue weighted by atomic mass is 16.5. The molecule has 3 heterocycles. The van der Waals surface area contributed by atoms with E-state index < -0.39 is 0 Å². The first-order chi connectivity index (χ1) is 20.0. The normalized spacial score (nSPS) is 28.1. The Morgan fingerprint density at radius 2 is 2.02 bits per heavy atom. The van der Waals surface area contributed by atoms with E-state index in [0.29, 0.717) is 30.2 Å². The van der Waals surface area contributed by atoms with Crippen molar-refractivity contribution in [2.24, 2.45) is 11.8 Å². The number of carbonyl (C=O) groups is 1. The molecule has 214 valence electrons. The summed E-state index contributed by atoms with van der Waals surface area (Å²) in [6, 6.07) is 16.7. The van der Waals surface area contributed by atoms with Gasteiger partial charge in [0, 0.05) is 47.3 Å². The van der Waals surface area contributed by atoms with Crippen molar-refractivity contribution in [2.45, 2.75) is 69.6 Å². The molecule has 1 saturated heterocycles. The average molecular weight is 553 g/mol. The van der Waals surface area contributed by atoms with Crippen LogP contribution >= 0.6 is 0 Å². The molecule has 2 aliphatic carbocycles. The number of benzene rings is 2. The number of amides is 1. The molecule has 0 unspecified atom stereocenters. The van der Waals surface area contributed by atoms with Gasteiger partial charge >= 0.3 is 0 Å². The van der Waals surface area contributed by atoms with Crippen molar-refractivity contribution in [3.05, 3.63) is 89.4 Å². The third-order valence-electron chi connectivity index (χ3n) is 10.2. The lowest BCUT2D eigenvalue weighted by molar-refractivity contribution is -0.138. The number of hydrogen-bond acceptors (Lipinski definition) is 5. The fourth-order valence-corrected chi connectivity index (χ4v) is 8.54. The van der Waals surface area contributed by atoms with E-state index in [0.717, 1.165) is 62.1 Å². The number of hydrogen-bond donors (Lipinski definition) is 1. The fraction of sp³-hybridized carbons (Fsp3) is 0.457. The molecule has 3 aromatic rings. The number of phenols is 1. The summed E-state index contributed by atoms with van der Waals surface area (Å²) in [5.41, 5.74) is 4.38. The molecule has 41 heavy (non-hydrogen) atoms. The van der Waals surface area contributed by atoms with Gasteiger partial charge in [-0.05, 0) is 80.3 Å². The summed E-state index contributed by atoms with van der Waals surface area (Å²) in [7, 11) is 0. The lowest BCUT2D eigenvalue weighted by Gasteiger charge is -2.60. The minimum atomic E-state index is -0.178. The molecule has 7 rings (SSSR count). The third-order valence-corrected chi connectivity index (χ3v) is 10.2. The van der Waals surface area contributed by atoms with Crippen molar-refractivity contribution in [1.29, 1.82) is 0 Å². The number of phenolic OH excluding ortho intramolecular Hbond substituents is 1. The average Bonchev–Trinajstić information content (AvgIpc) is 3.61. The predicted molar refractivity (Wildman–Crippen MR) is 159 cm³/mol. The molecule has 1 aromatic heterocycles. The van der Waals surface area contributed by atoms with E-state index in [1.54, 1.807) is 18.6 Å². The number of furan rings is 1. The van der Waals surface area contributed by atoms with Crippen molar-refractivity contribution in [1.82, 2.24) is 9.80 Å². The molecule has 4 aliphatic rings. The van der Waals surface area contributed by atoms with Crippen LogP contribution in [0.25, 0.3) is 6.08 Å². The molecule has 5 atom stereocenters. The maximum absolute atomic E-state index is 13.8. The Kier molecular flexibility index (Phi) is 6.69. The highest BCUT2D eigenvalue weighted by Gasteiger charge is 2.66. The molecule has 2 aliphatic heterocycles. The number of piperidine rings is 1. The largest absolute Gasteiger partial charge is 0.508 e. The zero-order valence-electron chi connectivity index (χ0n) is 24.0. The zero-order chi connectivity index (χ0) is 28.1. The van der Waals surface area contributed by atoms with Crippen LogP contribution in [0.3, 0.4) is 0 Å². The van der Waals surface area contributed by atoms with Crippen molar-refractivity contribution in [3.63, 3.8) is 0 Å². The SMILES string of the molecule is CC(C)CN(C(=O)C=Cc1ccoc1)[C@@H]1CC[C@H]2[C@H]3Cc4c(O)ccc5c4[C@@]2(CCN3CCc2ccccc2)[C@@H]1O5. The zero-order valence-corrected chi connectivity index (χ0v) is 24.0. The van der Waals surface area contributed by atoms with Crippen molar-refractivity contribution >= 4 is 12.0 Å². The summed E-state index contributed by atoms with van der Waals surface area (Å²) in [6.07, 6.45) is 11.5. The molecule has 2 aromatic carbocycles. The monoisotopic (exact) mass is 552 g/mol. The minimum Gasteiger partial charge on any atom is -0.508 e. The Balaban J connectivity index is 1.23. The van der Waals surface area contributed by atoms with Gasteiger partial charge in [0.05, 0.1) is 18.6 Å². The Morgan fingerprint density at radius 3 is 2.80 bits per heavy atom. The highest BCUT2D eigenvalue weighted by Crippen LogP contribution is 2.63. The van der Waals surface area contributed by atoms with Gasteiger partial charge in [-0.3, -0.25) is 9.69 Å². The van der Waals surface area contributed by atoms with Crippen LogP contribution < -0.4 is 4.74 Å². The number of aromatic hydroxyl groups is 1. The molecule has 2 fully saturated rings. The number of ether oxygens (including phenoxy) is 1. The first-order valence-corrected chi connectivity index (χ1v) is 15.3. The molecule has 6 heteroatoms. The standard InChI is InChI=1S/C35H40N2O4/c1-23(2)21-37(32(39)13-8-25-15-19-40-22-25)28-10-9-27-29-20-26-30(38)11-12-31-33(26)35(27,34(28)41-31)16-18-36(29)17-14-24-6-4-3-5-7-24/h3-8,11-13,15,19,22-23,27-29,34,38H,9-10,14,16-18,20-21H2,1-2H3/t27-,28+,29+,34+,35-/m0/s1. The summed E-state index contributed by atoms with van der Waals surface area (Å²) < 4.78 is 12.1. The summed E-state index contributed by atoms with van der Waals surface area (Å²) >= 11 is 0. The van der Waals surface area contributed by atoms with Crippen LogP contribution in [-0.4, -0.2) is 58.6 Å². The summed E-state index contributed by atoms with van der Waals surface area (Å²) in [5, 5.41) is 11.1. The summed E-state index contributed by atoms with van der Waals surface area (Å²) in [6.45, 7) is 7.05. The molecule has 6 nitrogen and oxygen atoms in total. The summed E-state index contributed by atoms with van der Waals surface area (Å²) in [4.78, 5) is 18.6. The van der Waals surface area contributed by atoms with Gasteiger partial charge in [-0.2, -0.15) is 0 Å². The second kappa shape index (κ2) is 10.4. The Hall–Kier alpha value is -3.51. The first kappa shape index (κ1) is 26.4. The lowest BCUT2D eigenvalue weighted by Crippen LogP contribution is -2.69. The predicted octanol–water partition coefficient (Wildman–Crippen LogP) is 5.83. The Morgan fingerprint density at radius 1 is 1.17 bits per heavy atom. The minimum absolute atomic E-state index is 0.0211. The van der Waals surface area contributed by atoms with E-state index in [9.17, 15) is 9.90 Å². The molecule has 1 saturated carbocycles. The van der Waals surface area contributed by atoms with Crippen LogP contribution in [0.15, 0.2) is 71.6 Å². The van der Waals surface area contributed by atoms with Gasteiger partial charge in [0.15, 0.2) is 0 Å². The maximum atomic E-state index is 13.8. The molecule has 1 spiro atoms. The molecular formula is C35H40N2O4. The number of likely N-dealkylation sites (tertiary alicyclic amines) is 1. The smallest absolute Gasteiger partial charge is 0.246 e. The van der Waals surface area contributed by atoms with Crippen LogP contribution in [0.5, 0.6) is 11.5 Å². The maximum Gasteiger partial charge on any atom is 0.246 e. The quantitative estimate of drug-likeness (QED) is 0.356. The fourth-order valence-electron chi connectivity index (χ4n) is 8.54. The van der Waals surface area contributed by atoms with Crippen molar-refractivity contribution in [3.8, 4) is 11.5 Å². The van der Waals surface area contributed by atoms with Crippen molar-refractivity contribution < 1.29 is 19.1 Å². The van der Waals surface area contributed by atoms with E-state index >= 15 is 0 Å².